The molecule has 0 aliphatic heterocycles. The van der Waals surface area contributed by atoms with Crippen LogP contribution in [0.5, 0.6) is 0 Å². The van der Waals surface area contributed by atoms with E-state index in [-0.39, 0.29) is 6.29 Å². The highest BCUT2D eigenvalue weighted by atomic mass is 16.7. The largest absolute Gasteiger partial charge is 0.389 e. The second kappa shape index (κ2) is 6.43. The maximum Gasteiger partial charge on any atom is 0.169 e. The summed E-state index contributed by atoms with van der Waals surface area (Å²) in [5, 5.41) is 13.4. The van der Waals surface area contributed by atoms with Crippen molar-refractivity contribution < 1.29 is 14.6 Å². The number of ether oxygens (including phenoxy) is 2. The summed E-state index contributed by atoms with van der Waals surface area (Å²) in [7, 11) is 3.23. The second-order valence-corrected chi connectivity index (χ2v) is 4.32. The van der Waals surface area contributed by atoms with E-state index in [1.165, 1.54) is 6.42 Å². The summed E-state index contributed by atoms with van der Waals surface area (Å²) < 4.78 is 10.1. The molecule has 2 N–H and O–H groups in total. The Hall–Kier alpha value is -0.160. The van der Waals surface area contributed by atoms with Crippen molar-refractivity contribution in [2.45, 2.75) is 44.0 Å². The number of hydrogen-bond acceptors (Lipinski definition) is 4. The van der Waals surface area contributed by atoms with Gasteiger partial charge < -0.3 is 19.9 Å². The van der Waals surface area contributed by atoms with Gasteiger partial charge in [0.15, 0.2) is 6.29 Å². The molecule has 4 nitrogen and oxygen atoms in total. The molecule has 0 aromatic rings. The van der Waals surface area contributed by atoms with Gasteiger partial charge in [-0.05, 0) is 12.8 Å². The molecule has 0 unspecified atom stereocenters. The highest BCUT2D eigenvalue weighted by Crippen LogP contribution is 2.27. The van der Waals surface area contributed by atoms with Crippen LogP contribution in [0.15, 0.2) is 0 Å². The van der Waals surface area contributed by atoms with E-state index >= 15 is 0 Å². The molecule has 1 rings (SSSR count). The molecule has 0 bridgehead atoms. The van der Waals surface area contributed by atoms with Crippen LogP contribution >= 0.6 is 0 Å². The lowest BCUT2D eigenvalue weighted by Crippen LogP contribution is -2.44. The minimum absolute atomic E-state index is 0.225. The predicted molar refractivity (Wildman–Crippen MR) is 58.7 cm³/mol. The zero-order chi connectivity index (χ0) is 11.1. The number of hydrogen-bond donors (Lipinski definition) is 2. The van der Waals surface area contributed by atoms with Gasteiger partial charge in [0.05, 0.1) is 5.60 Å². The Balaban J connectivity index is 2.17. The summed E-state index contributed by atoms with van der Waals surface area (Å²) in [6.45, 7) is 1.26. The van der Waals surface area contributed by atoms with Crippen molar-refractivity contribution in [3.05, 3.63) is 0 Å². The first-order valence-electron chi connectivity index (χ1n) is 5.69. The van der Waals surface area contributed by atoms with Gasteiger partial charge in [-0.1, -0.05) is 19.3 Å². The zero-order valence-corrected chi connectivity index (χ0v) is 9.79. The van der Waals surface area contributed by atoms with Crippen LogP contribution in [-0.2, 0) is 9.47 Å². The summed E-state index contributed by atoms with van der Waals surface area (Å²) in [5.41, 5.74) is -0.510. The average molecular weight is 217 g/mol. The average Bonchev–Trinajstić information content (AvgIpc) is 2.25. The Morgan fingerprint density at radius 2 is 1.80 bits per heavy atom. The topological polar surface area (TPSA) is 50.7 Å². The van der Waals surface area contributed by atoms with Gasteiger partial charge in [-0.25, -0.2) is 0 Å². The smallest absolute Gasteiger partial charge is 0.169 e. The fourth-order valence-electron chi connectivity index (χ4n) is 2.07. The number of methoxy groups -OCH3 is 2. The summed E-state index contributed by atoms with van der Waals surface area (Å²) in [5.74, 6) is 0. The molecule has 0 atom stereocenters. The molecular formula is C11H23NO3. The molecule has 0 aromatic carbocycles. The van der Waals surface area contributed by atoms with Gasteiger partial charge in [-0.2, -0.15) is 0 Å². The molecule has 0 radical (unpaired) electrons. The molecular weight excluding hydrogens is 194 g/mol. The Bertz CT molecular complexity index is 165. The molecule has 0 heterocycles. The Morgan fingerprint density at radius 3 is 2.33 bits per heavy atom. The van der Waals surface area contributed by atoms with Gasteiger partial charge in [0.25, 0.3) is 0 Å². The predicted octanol–water partition coefficient (Wildman–Crippen LogP) is 0.890. The molecule has 1 aliphatic carbocycles. The van der Waals surface area contributed by atoms with Crippen LogP contribution in [0.4, 0.5) is 0 Å². The number of rotatable bonds is 6. The van der Waals surface area contributed by atoms with E-state index in [2.05, 4.69) is 5.32 Å². The quantitative estimate of drug-likeness (QED) is 0.649. The van der Waals surface area contributed by atoms with E-state index in [4.69, 9.17) is 9.47 Å². The van der Waals surface area contributed by atoms with Crippen molar-refractivity contribution in [3.63, 3.8) is 0 Å². The Kier molecular flexibility index (Phi) is 5.53. The molecule has 90 valence electrons. The lowest BCUT2D eigenvalue weighted by molar-refractivity contribution is -0.102. The normalized spacial score (nSPS) is 20.8. The molecule has 1 aliphatic rings. The van der Waals surface area contributed by atoms with Crippen LogP contribution in [0.25, 0.3) is 0 Å². The van der Waals surface area contributed by atoms with Crippen molar-refractivity contribution in [3.8, 4) is 0 Å². The number of aliphatic hydroxyl groups is 1. The number of nitrogens with one attached hydrogen (secondary N) is 1. The van der Waals surface area contributed by atoms with Gasteiger partial charge in [0, 0.05) is 27.3 Å². The minimum Gasteiger partial charge on any atom is -0.389 e. The first-order valence-corrected chi connectivity index (χ1v) is 5.69. The van der Waals surface area contributed by atoms with Crippen molar-refractivity contribution in [2.24, 2.45) is 0 Å². The van der Waals surface area contributed by atoms with Gasteiger partial charge in [0.1, 0.15) is 0 Å². The van der Waals surface area contributed by atoms with Crippen LogP contribution in [0.2, 0.25) is 0 Å². The fraction of sp³-hybridized carbons (Fsp3) is 1.00. The van der Waals surface area contributed by atoms with Gasteiger partial charge in [0.2, 0.25) is 0 Å². The summed E-state index contributed by atoms with van der Waals surface area (Å²) in [6.07, 6.45) is 5.11. The van der Waals surface area contributed by atoms with Crippen LogP contribution in [0.3, 0.4) is 0 Å². The maximum absolute atomic E-state index is 10.2. The highest BCUT2D eigenvalue weighted by molar-refractivity contribution is 4.84. The van der Waals surface area contributed by atoms with Crippen LogP contribution in [0.1, 0.15) is 32.1 Å². The lowest BCUT2D eigenvalue weighted by Gasteiger charge is -2.32. The van der Waals surface area contributed by atoms with Crippen LogP contribution in [0, 0.1) is 0 Å². The SMILES string of the molecule is COC(CNCC1(O)CCCCC1)OC. The third kappa shape index (κ3) is 4.47. The van der Waals surface area contributed by atoms with Crippen molar-refractivity contribution in [1.82, 2.24) is 5.32 Å². The Morgan fingerprint density at radius 1 is 1.20 bits per heavy atom. The molecule has 0 aromatic heterocycles. The standard InChI is InChI=1S/C11H23NO3/c1-14-10(15-2)8-12-9-11(13)6-4-3-5-7-11/h10,12-13H,3-9H2,1-2H3. The third-order valence-corrected chi connectivity index (χ3v) is 3.08. The summed E-state index contributed by atoms with van der Waals surface area (Å²) in [6, 6.07) is 0. The molecule has 15 heavy (non-hydrogen) atoms. The van der Waals surface area contributed by atoms with Gasteiger partial charge in [-0.15, -0.1) is 0 Å². The Labute approximate surface area is 92.0 Å². The van der Waals surface area contributed by atoms with Gasteiger partial charge >= 0.3 is 0 Å². The maximum atomic E-state index is 10.2. The van der Waals surface area contributed by atoms with Crippen LogP contribution < -0.4 is 5.32 Å². The fourth-order valence-corrected chi connectivity index (χ4v) is 2.07. The van der Waals surface area contributed by atoms with E-state index < -0.39 is 5.60 Å². The summed E-state index contributed by atoms with van der Waals surface area (Å²) >= 11 is 0. The van der Waals surface area contributed by atoms with Crippen LogP contribution in [-0.4, -0.2) is 44.3 Å². The van der Waals surface area contributed by atoms with E-state index in [0.29, 0.717) is 13.1 Å². The zero-order valence-electron chi connectivity index (χ0n) is 9.79. The van der Waals surface area contributed by atoms with Crippen molar-refractivity contribution >= 4 is 0 Å². The lowest BCUT2D eigenvalue weighted by atomic mass is 9.85. The van der Waals surface area contributed by atoms with Crippen molar-refractivity contribution in [1.29, 1.82) is 0 Å². The molecule has 4 heteroatoms. The highest BCUT2D eigenvalue weighted by Gasteiger charge is 2.28. The molecule has 0 saturated heterocycles. The molecule has 1 fully saturated rings. The van der Waals surface area contributed by atoms with E-state index in [0.717, 1.165) is 25.7 Å². The third-order valence-electron chi connectivity index (χ3n) is 3.08. The monoisotopic (exact) mass is 217 g/mol. The van der Waals surface area contributed by atoms with E-state index in [9.17, 15) is 5.11 Å². The summed E-state index contributed by atoms with van der Waals surface area (Å²) in [4.78, 5) is 0. The van der Waals surface area contributed by atoms with Gasteiger partial charge in [-0.3, -0.25) is 0 Å². The second-order valence-electron chi connectivity index (χ2n) is 4.32. The van der Waals surface area contributed by atoms with E-state index in [1.54, 1.807) is 14.2 Å². The molecule has 0 spiro atoms. The minimum atomic E-state index is -0.510. The first-order chi connectivity index (χ1) is 7.20. The molecule has 1 saturated carbocycles. The first kappa shape index (κ1) is 12.9. The molecule has 0 amide bonds. The van der Waals surface area contributed by atoms with E-state index in [1.807, 2.05) is 0 Å². The van der Waals surface area contributed by atoms with Crippen molar-refractivity contribution in [2.75, 3.05) is 27.3 Å².